The van der Waals surface area contributed by atoms with Crippen molar-refractivity contribution in [1.29, 1.82) is 0 Å². The monoisotopic (exact) mass is 551 g/mol. The summed E-state index contributed by atoms with van der Waals surface area (Å²) in [6.07, 6.45) is -7.73. The van der Waals surface area contributed by atoms with E-state index < -0.39 is 60.5 Å². The predicted octanol–water partition coefficient (Wildman–Crippen LogP) is 1.69. The topological polar surface area (TPSA) is 174 Å². The van der Waals surface area contributed by atoms with Crippen LogP contribution in [0.5, 0.6) is 11.5 Å². The highest BCUT2D eigenvalue weighted by atomic mass is 32.1. The van der Waals surface area contributed by atoms with Gasteiger partial charge in [-0.1, -0.05) is 0 Å². The maximum Gasteiger partial charge on any atom is 0.305 e. The fourth-order valence-corrected chi connectivity index (χ4v) is 4.19. The van der Waals surface area contributed by atoms with Gasteiger partial charge in [-0.15, -0.1) is 11.3 Å². The first kappa shape index (κ1) is 28.5. The van der Waals surface area contributed by atoms with Crippen LogP contribution < -0.4 is 4.74 Å². The minimum absolute atomic E-state index is 0.0111. The molecule has 0 amide bonds. The average Bonchev–Trinajstić information content (AvgIpc) is 3.30. The van der Waals surface area contributed by atoms with E-state index in [1.807, 2.05) is 0 Å². The lowest BCUT2D eigenvalue weighted by atomic mass is 10.0. The lowest BCUT2D eigenvalue weighted by Gasteiger charge is -2.43. The molecule has 14 heteroatoms. The third-order valence-corrected chi connectivity index (χ3v) is 5.62. The fourth-order valence-electron chi connectivity index (χ4n) is 3.63. The smallest absolute Gasteiger partial charge is 0.305 e. The Morgan fingerprint density at radius 2 is 1.45 bits per heavy atom. The van der Waals surface area contributed by atoms with Gasteiger partial charge in [-0.3, -0.25) is 28.7 Å². The maximum atomic E-state index is 12.6. The summed E-state index contributed by atoms with van der Waals surface area (Å²) in [6, 6.07) is 3.79. The van der Waals surface area contributed by atoms with Crippen molar-refractivity contribution < 1.29 is 57.5 Å². The summed E-state index contributed by atoms with van der Waals surface area (Å²) in [7, 11) is 0. The van der Waals surface area contributed by atoms with E-state index >= 15 is 0 Å². The van der Waals surface area contributed by atoms with E-state index in [4.69, 9.17) is 28.4 Å². The third kappa shape index (κ3) is 7.49. The molecule has 1 fully saturated rings. The van der Waals surface area contributed by atoms with E-state index in [9.17, 15) is 29.1 Å². The highest BCUT2D eigenvalue weighted by molar-refractivity contribution is 7.07. The Labute approximate surface area is 220 Å². The Morgan fingerprint density at radius 1 is 0.868 bits per heavy atom. The summed E-state index contributed by atoms with van der Waals surface area (Å²) in [6.45, 7) is 4.29. The van der Waals surface area contributed by atoms with Gasteiger partial charge >= 0.3 is 23.9 Å². The van der Waals surface area contributed by atoms with E-state index in [1.54, 1.807) is 10.9 Å². The molecule has 13 nitrogen and oxygen atoms in total. The number of benzene rings is 1. The number of aromatic nitrogens is 1. The lowest BCUT2D eigenvalue weighted by Crippen LogP contribution is -2.63. The fraction of sp³-hybridized carbons (Fsp3) is 0.417. The van der Waals surface area contributed by atoms with E-state index in [0.29, 0.717) is 5.69 Å². The van der Waals surface area contributed by atoms with Gasteiger partial charge in [0.25, 0.3) is 0 Å². The van der Waals surface area contributed by atoms with Crippen molar-refractivity contribution in [3.8, 4) is 11.5 Å². The van der Waals surface area contributed by atoms with Crippen LogP contribution in [0, 0.1) is 0 Å². The number of phenolic OH excluding ortho intramolecular Hbond substituents is 1. The molecule has 1 aliphatic heterocycles. The highest BCUT2D eigenvalue weighted by Gasteiger charge is 2.54. The Kier molecular flexibility index (Phi) is 9.36. The van der Waals surface area contributed by atoms with E-state index in [0.717, 1.165) is 33.8 Å². The van der Waals surface area contributed by atoms with Crippen LogP contribution in [-0.2, 0) is 49.3 Å². The van der Waals surface area contributed by atoms with Gasteiger partial charge in [-0.05, 0) is 12.1 Å². The van der Waals surface area contributed by atoms with Gasteiger partial charge in [0.1, 0.15) is 11.5 Å². The van der Waals surface area contributed by atoms with Crippen LogP contribution in [0.2, 0.25) is 0 Å². The van der Waals surface area contributed by atoms with Crippen molar-refractivity contribution in [2.24, 2.45) is 0 Å². The zero-order valence-corrected chi connectivity index (χ0v) is 21.6. The maximum absolute atomic E-state index is 12.6. The molecular formula is C24H25NO12S. The summed E-state index contributed by atoms with van der Waals surface area (Å²) in [5.41, 5.74) is 2.15. The van der Waals surface area contributed by atoms with Crippen LogP contribution in [0.25, 0.3) is 0 Å². The molecule has 0 radical (unpaired) electrons. The number of carbonyl (C=O) groups excluding carboxylic acids is 5. The minimum Gasteiger partial charge on any atom is -0.507 e. The molecule has 1 aromatic heterocycles. The van der Waals surface area contributed by atoms with Crippen LogP contribution >= 0.6 is 11.3 Å². The van der Waals surface area contributed by atoms with Gasteiger partial charge in [-0.25, -0.2) is 4.98 Å². The van der Waals surface area contributed by atoms with Gasteiger partial charge in [0.15, 0.2) is 11.9 Å². The van der Waals surface area contributed by atoms with Crippen LogP contribution in [0.15, 0.2) is 29.1 Å². The molecule has 5 atom stereocenters. The predicted molar refractivity (Wildman–Crippen MR) is 126 cm³/mol. The molecule has 2 aromatic rings. The second kappa shape index (κ2) is 12.5. The van der Waals surface area contributed by atoms with Crippen molar-refractivity contribution in [1.82, 2.24) is 4.98 Å². The number of Topliss-reactive ketones (excluding diaryl/α,β-unsaturated/α-hetero) is 1. The molecule has 204 valence electrons. The molecule has 3 rings (SSSR count). The number of thiazole rings is 1. The zero-order valence-electron chi connectivity index (χ0n) is 20.8. The van der Waals surface area contributed by atoms with E-state index in [2.05, 4.69) is 4.98 Å². The normalized spacial score (nSPS) is 22.6. The molecule has 1 aliphatic rings. The summed E-state index contributed by atoms with van der Waals surface area (Å²) < 4.78 is 32.3. The number of ketones is 1. The van der Waals surface area contributed by atoms with E-state index in [1.165, 1.54) is 23.5 Å². The molecular weight excluding hydrogens is 526 g/mol. The number of nitrogens with zero attached hydrogens (tertiary/aromatic N) is 1. The minimum atomic E-state index is -1.62. The second-order valence-corrected chi connectivity index (χ2v) is 8.80. The van der Waals surface area contributed by atoms with Crippen LogP contribution in [0.3, 0.4) is 0 Å². The molecule has 1 saturated heterocycles. The Morgan fingerprint density at radius 3 is 1.97 bits per heavy atom. The van der Waals surface area contributed by atoms with Crippen molar-refractivity contribution in [3.05, 3.63) is 40.3 Å². The van der Waals surface area contributed by atoms with Gasteiger partial charge in [-0.2, -0.15) is 0 Å². The molecule has 0 aliphatic carbocycles. The molecule has 0 bridgehead atoms. The standard InChI is InChI=1S/C24H25NO12S/c1-11(26)32-20-21(33-12(2)27)23(35-14(4)29)37-24(22(20)34-13(3)28)36-16-5-6-17(19(31)8-16)18(30)7-15-9-38-10-25-15/h5-6,8-10,20-24,31H,7H2,1-4H3. The number of rotatable bonds is 9. The molecule has 38 heavy (non-hydrogen) atoms. The summed E-state index contributed by atoms with van der Waals surface area (Å²) >= 11 is 1.33. The van der Waals surface area contributed by atoms with E-state index in [-0.39, 0.29) is 23.5 Å². The van der Waals surface area contributed by atoms with Crippen LogP contribution in [0.1, 0.15) is 43.7 Å². The van der Waals surface area contributed by atoms with Crippen molar-refractivity contribution in [2.45, 2.75) is 65.0 Å². The number of carbonyl (C=O) groups is 5. The van der Waals surface area contributed by atoms with Crippen molar-refractivity contribution in [2.75, 3.05) is 0 Å². The van der Waals surface area contributed by atoms with Crippen LogP contribution in [-0.4, -0.2) is 70.6 Å². The first-order valence-corrected chi connectivity index (χ1v) is 12.1. The first-order chi connectivity index (χ1) is 17.9. The van der Waals surface area contributed by atoms with Gasteiger partial charge in [0.05, 0.1) is 23.2 Å². The van der Waals surface area contributed by atoms with Gasteiger partial charge in [0, 0.05) is 39.1 Å². The zero-order chi connectivity index (χ0) is 28.0. The molecule has 0 spiro atoms. The largest absolute Gasteiger partial charge is 0.507 e. The quantitative estimate of drug-likeness (QED) is 0.271. The Hall–Kier alpha value is -4.04. The molecule has 2 heterocycles. The highest BCUT2D eigenvalue weighted by Crippen LogP contribution is 2.33. The third-order valence-electron chi connectivity index (χ3n) is 4.99. The van der Waals surface area contributed by atoms with Crippen LogP contribution in [0.4, 0.5) is 0 Å². The summed E-state index contributed by atoms with van der Waals surface area (Å²) in [4.78, 5) is 63.8. The van der Waals surface area contributed by atoms with Crippen molar-refractivity contribution >= 4 is 41.0 Å². The van der Waals surface area contributed by atoms with Gasteiger partial charge < -0.3 is 28.8 Å². The number of ether oxygens (including phenoxy) is 6. The number of hydrogen-bond acceptors (Lipinski definition) is 14. The average molecular weight is 552 g/mol. The SMILES string of the molecule is CC(=O)OC1OC(Oc2ccc(C(=O)Cc3cscn3)c(O)c2)C(OC(C)=O)C(OC(C)=O)C1OC(C)=O. The van der Waals surface area contributed by atoms with Crippen molar-refractivity contribution in [3.63, 3.8) is 0 Å². The van der Waals surface area contributed by atoms with Gasteiger partial charge in [0.2, 0.25) is 24.8 Å². The molecule has 1 aromatic carbocycles. The summed E-state index contributed by atoms with van der Waals surface area (Å²) in [5, 5.41) is 12.2. The second-order valence-electron chi connectivity index (χ2n) is 8.08. The first-order valence-electron chi connectivity index (χ1n) is 11.2. The summed E-state index contributed by atoms with van der Waals surface area (Å²) in [5.74, 6) is -4.12. The number of esters is 4. The Bertz CT molecular complexity index is 1200. The number of phenols is 1. The number of hydrogen-bond donors (Lipinski definition) is 1. The Balaban J connectivity index is 1.92. The molecule has 1 N–H and O–H groups in total. The lowest BCUT2D eigenvalue weighted by molar-refractivity contribution is -0.328. The number of aromatic hydroxyl groups is 1. The molecule has 0 saturated carbocycles. The molecule has 5 unspecified atom stereocenters.